The van der Waals surface area contributed by atoms with Crippen LogP contribution in [0.5, 0.6) is 5.75 Å². The highest BCUT2D eigenvalue weighted by molar-refractivity contribution is 6.06. The molecule has 3 heterocycles. The molecule has 1 aliphatic rings. The summed E-state index contributed by atoms with van der Waals surface area (Å²) in [5.74, 6) is 0.0204. The van der Waals surface area contributed by atoms with Gasteiger partial charge in [-0.2, -0.15) is 0 Å². The fourth-order valence-electron chi connectivity index (χ4n) is 3.92. The van der Waals surface area contributed by atoms with Crippen molar-refractivity contribution in [1.82, 2.24) is 19.9 Å². The summed E-state index contributed by atoms with van der Waals surface area (Å²) < 4.78 is 24.3. The van der Waals surface area contributed by atoms with Gasteiger partial charge >= 0.3 is 0 Å². The summed E-state index contributed by atoms with van der Waals surface area (Å²) in [6, 6.07) is 6.89. The average molecular weight is 426 g/mol. The second kappa shape index (κ2) is 8.63. The summed E-state index contributed by atoms with van der Waals surface area (Å²) in [6.45, 7) is 9.15. The Balaban J connectivity index is 1.47. The molecule has 1 aliphatic heterocycles. The number of carbonyl (C=O) groups is 1. The molecule has 31 heavy (non-hydrogen) atoms. The number of nitrogens with zero attached hydrogens (tertiary/aromatic N) is 4. The Hall–Kier alpha value is -3.00. The van der Waals surface area contributed by atoms with Crippen LogP contribution >= 0.6 is 0 Å². The number of aromatic nitrogens is 2. The van der Waals surface area contributed by atoms with Crippen molar-refractivity contribution >= 4 is 17.0 Å². The van der Waals surface area contributed by atoms with Crippen LogP contribution in [0.2, 0.25) is 0 Å². The maximum absolute atomic E-state index is 14.0. The van der Waals surface area contributed by atoms with E-state index in [1.54, 1.807) is 6.07 Å². The molecule has 1 aromatic carbocycles. The average Bonchev–Trinajstić information content (AvgIpc) is 3.14. The molecule has 1 saturated heterocycles. The largest absolute Gasteiger partial charge is 0.494 e. The second-order valence-electron chi connectivity index (χ2n) is 8.23. The van der Waals surface area contributed by atoms with E-state index in [-0.39, 0.29) is 23.4 Å². The molecular formula is C23H27FN4O3. The first-order chi connectivity index (χ1) is 14.9. The van der Waals surface area contributed by atoms with Crippen molar-refractivity contribution in [2.24, 2.45) is 0 Å². The highest BCUT2D eigenvalue weighted by Gasteiger charge is 2.26. The number of rotatable bonds is 5. The number of hydrogen-bond acceptors (Lipinski definition) is 6. The minimum absolute atomic E-state index is 0.0317. The van der Waals surface area contributed by atoms with Crippen LogP contribution in [-0.4, -0.2) is 59.1 Å². The minimum atomic E-state index is -0.361. The number of piperazine rings is 1. The molecule has 0 spiro atoms. The molecule has 0 bridgehead atoms. The van der Waals surface area contributed by atoms with Gasteiger partial charge in [-0.25, -0.2) is 9.37 Å². The van der Waals surface area contributed by atoms with Crippen LogP contribution < -0.4 is 4.74 Å². The van der Waals surface area contributed by atoms with Gasteiger partial charge in [0.1, 0.15) is 0 Å². The normalized spacial score (nSPS) is 15.1. The Morgan fingerprint density at radius 2 is 1.97 bits per heavy atom. The summed E-state index contributed by atoms with van der Waals surface area (Å²) in [4.78, 5) is 22.0. The molecule has 164 valence electrons. The van der Waals surface area contributed by atoms with Crippen LogP contribution in [0.1, 0.15) is 47.1 Å². The molecule has 0 saturated carbocycles. The summed E-state index contributed by atoms with van der Waals surface area (Å²) in [7, 11) is 1.45. The molecule has 3 aromatic rings. The van der Waals surface area contributed by atoms with Crippen molar-refractivity contribution in [2.45, 2.75) is 33.2 Å². The predicted octanol–water partition coefficient (Wildman–Crippen LogP) is 3.76. The lowest BCUT2D eigenvalue weighted by Crippen LogP contribution is -2.48. The first kappa shape index (κ1) is 21.2. The van der Waals surface area contributed by atoms with Crippen LogP contribution in [0.25, 0.3) is 11.1 Å². The number of hydrogen-bond donors (Lipinski definition) is 0. The van der Waals surface area contributed by atoms with Crippen molar-refractivity contribution in [2.75, 3.05) is 33.3 Å². The third-order valence-corrected chi connectivity index (χ3v) is 5.74. The monoisotopic (exact) mass is 426 g/mol. The Bertz CT molecular complexity index is 1100. The van der Waals surface area contributed by atoms with Crippen LogP contribution in [0.4, 0.5) is 4.39 Å². The zero-order valence-corrected chi connectivity index (χ0v) is 18.3. The Labute approximate surface area is 180 Å². The maximum Gasteiger partial charge on any atom is 0.259 e. The lowest BCUT2D eigenvalue weighted by atomic mass is 10.0. The lowest BCUT2D eigenvalue weighted by Gasteiger charge is -2.35. The Morgan fingerprint density at radius 1 is 1.23 bits per heavy atom. The second-order valence-corrected chi connectivity index (χ2v) is 8.23. The molecule has 0 aliphatic carbocycles. The highest BCUT2D eigenvalue weighted by Crippen LogP contribution is 2.27. The summed E-state index contributed by atoms with van der Waals surface area (Å²) in [5, 5.41) is 4.69. The first-order valence-electron chi connectivity index (χ1n) is 10.5. The smallest absolute Gasteiger partial charge is 0.259 e. The van der Waals surface area contributed by atoms with Gasteiger partial charge in [-0.15, -0.1) is 0 Å². The van der Waals surface area contributed by atoms with E-state index in [9.17, 15) is 9.18 Å². The molecule has 4 rings (SSSR count). The van der Waals surface area contributed by atoms with Crippen LogP contribution in [-0.2, 0) is 6.54 Å². The van der Waals surface area contributed by atoms with Crippen molar-refractivity contribution in [3.8, 4) is 5.75 Å². The zero-order valence-electron chi connectivity index (χ0n) is 18.3. The SMILES string of the molecule is COc1ccc(CN2CCN(C(=O)c3cc(C(C)C)nc4onc(C)c34)CC2)cc1F. The van der Waals surface area contributed by atoms with Crippen LogP contribution in [0.15, 0.2) is 28.8 Å². The predicted molar refractivity (Wildman–Crippen MR) is 115 cm³/mol. The number of ether oxygens (including phenoxy) is 1. The summed E-state index contributed by atoms with van der Waals surface area (Å²) in [5.41, 5.74) is 3.37. The van der Waals surface area contributed by atoms with Gasteiger partial charge in [-0.1, -0.05) is 25.1 Å². The third kappa shape index (κ3) is 4.25. The number of aryl methyl sites for hydroxylation is 1. The molecule has 1 fully saturated rings. The molecule has 1 amide bonds. The van der Waals surface area contributed by atoms with E-state index >= 15 is 0 Å². The van der Waals surface area contributed by atoms with Crippen molar-refractivity contribution in [3.63, 3.8) is 0 Å². The summed E-state index contributed by atoms with van der Waals surface area (Å²) in [6.07, 6.45) is 0. The Morgan fingerprint density at radius 3 is 2.61 bits per heavy atom. The zero-order chi connectivity index (χ0) is 22.1. The van der Waals surface area contributed by atoms with Crippen molar-refractivity contribution in [1.29, 1.82) is 0 Å². The van der Waals surface area contributed by atoms with Gasteiger partial charge < -0.3 is 14.2 Å². The van der Waals surface area contributed by atoms with Gasteiger partial charge in [-0.3, -0.25) is 9.69 Å². The maximum atomic E-state index is 14.0. The molecule has 0 N–H and O–H groups in total. The van der Waals surface area contributed by atoms with E-state index in [1.807, 2.05) is 37.8 Å². The fraction of sp³-hybridized carbons (Fsp3) is 0.435. The minimum Gasteiger partial charge on any atom is -0.494 e. The van der Waals surface area contributed by atoms with Gasteiger partial charge in [0.15, 0.2) is 11.6 Å². The number of halogens is 1. The third-order valence-electron chi connectivity index (χ3n) is 5.74. The summed E-state index contributed by atoms with van der Waals surface area (Å²) >= 11 is 0. The number of fused-ring (bicyclic) bond motifs is 1. The van der Waals surface area contributed by atoms with Gasteiger partial charge in [0.25, 0.3) is 11.6 Å². The van der Waals surface area contributed by atoms with E-state index in [0.717, 1.165) is 11.3 Å². The quantitative estimate of drug-likeness (QED) is 0.619. The number of pyridine rings is 1. The van der Waals surface area contributed by atoms with E-state index in [1.165, 1.54) is 13.2 Å². The number of methoxy groups -OCH3 is 1. The van der Waals surface area contributed by atoms with Gasteiger partial charge in [0, 0.05) is 38.4 Å². The number of carbonyl (C=O) groups excluding carboxylic acids is 1. The number of amides is 1. The molecule has 7 nitrogen and oxygen atoms in total. The van der Waals surface area contributed by atoms with E-state index in [0.29, 0.717) is 55.1 Å². The molecule has 0 atom stereocenters. The standard InChI is InChI=1S/C23H27FN4O3/c1-14(2)19-12-17(21-15(3)26-31-22(21)25-19)23(29)28-9-7-27(8-10-28)13-16-5-6-20(30-4)18(24)11-16/h5-6,11-12,14H,7-10,13H2,1-4H3. The first-order valence-corrected chi connectivity index (χ1v) is 10.5. The lowest BCUT2D eigenvalue weighted by molar-refractivity contribution is 0.0630. The van der Waals surface area contributed by atoms with Gasteiger partial charge in [0.05, 0.1) is 23.8 Å². The number of benzene rings is 1. The molecule has 0 radical (unpaired) electrons. The van der Waals surface area contributed by atoms with Crippen LogP contribution in [0.3, 0.4) is 0 Å². The van der Waals surface area contributed by atoms with E-state index < -0.39 is 0 Å². The topological polar surface area (TPSA) is 71.7 Å². The molecular weight excluding hydrogens is 399 g/mol. The van der Waals surface area contributed by atoms with Gasteiger partial charge in [-0.05, 0) is 36.6 Å². The van der Waals surface area contributed by atoms with Gasteiger partial charge in [0.2, 0.25) is 0 Å². The molecule has 0 unspecified atom stereocenters. The van der Waals surface area contributed by atoms with Crippen molar-refractivity contribution < 1.29 is 18.4 Å². The van der Waals surface area contributed by atoms with E-state index in [2.05, 4.69) is 15.0 Å². The molecule has 2 aromatic heterocycles. The molecule has 8 heteroatoms. The van der Waals surface area contributed by atoms with Crippen molar-refractivity contribution in [3.05, 3.63) is 52.6 Å². The Kier molecular flexibility index (Phi) is 5.91. The highest BCUT2D eigenvalue weighted by atomic mass is 19.1. The van der Waals surface area contributed by atoms with Crippen LogP contribution in [0, 0.1) is 12.7 Å². The van der Waals surface area contributed by atoms with E-state index in [4.69, 9.17) is 9.26 Å². The fourth-order valence-corrected chi connectivity index (χ4v) is 3.92.